The van der Waals surface area contributed by atoms with Crippen molar-refractivity contribution in [3.8, 4) is 0 Å². The van der Waals surface area contributed by atoms with Crippen molar-refractivity contribution < 1.29 is 31.9 Å². The van der Waals surface area contributed by atoms with Gasteiger partial charge in [0.25, 0.3) is 5.56 Å². The van der Waals surface area contributed by atoms with Crippen LogP contribution in [0, 0.1) is 5.82 Å². The second-order valence-electron chi connectivity index (χ2n) is 8.23. The third-order valence-corrected chi connectivity index (χ3v) is 5.62. The highest BCUT2D eigenvalue weighted by molar-refractivity contribution is 5.97. The molecule has 0 atom stereocenters. The van der Waals surface area contributed by atoms with Crippen LogP contribution in [-0.4, -0.2) is 27.9 Å². The molecule has 0 radical (unpaired) electrons. The van der Waals surface area contributed by atoms with Crippen molar-refractivity contribution in [1.29, 1.82) is 0 Å². The van der Waals surface area contributed by atoms with Gasteiger partial charge >= 0.3 is 12.1 Å². The third-order valence-electron chi connectivity index (χ3n) is 5.62. The summed E-state index contributed by atoms with van der Waals surface area (Å²) in [6, 6.07) is 16.6. The van der Waals surface area contributed by atoms with E-state index in [4.69, 9.17) is 4.74 Å². The molecule has 0 N–H and O–H groups in total. The van der Waals surface area contributed by atoms with Gasteiger partial charge in [-0.1, -0.05) is 30.3 Å². The first-order valence-corrected chi connectivity index (χ1v) is 11.2. The van der Waals surface area contributed by atoms with Crippen LogP contribution >= 0.6 is 0 Å². The van der Waals surface area contributed by atoms with E-state index in [2.05, 4.69) is 4.98 Å². The molecule has 1 heterocycles. The quantitative estimate of drug-likeness (QED) is 0.189. The Balaban J connectivity index is 1.56. The smallest absolute Gasteiger partial charge is 0.416 e. The molecule has 1 aromatic heterocycles. The molecule has 37 heavy (non-hydrogen) atoms. The summed E-state index contributed by atoms with van der Waals surface area (Å²) in [5.74, 6) is -1.85. The highest BCUT2D eigenvalue weighted by Crippen LogP contribution is 2.31. The van der Waals surface area contributed by atoms with Crippen LogP contribution in [0.15, 0.2) is 77.6 Å². The highest BCUT2D eigenvalue weighted by Gasteiger charge is 2.31. The van der Waals surface area contributed by atoms with Gasteiger partial charge in [0, 0.05) is 12.0 Å². The molecule has 0 aliphatic rings. The molecule has 0 amide bonds. The van der Waals surface area contributed by atoms with Crippen LogP contribution in [0.1, 0.15) is 33.6 Å². The number of ether oxygens (including phenoxy) is 1. The van der Waals surface area contributed by atoms with Crippen LogP contribution in [0.4, 0.5) is 17.6 Å². The lowest BCUT2D eigenvalue weighted by Gasteiger charge is -2.14. The lowest BCUT2D eigenvalue weighted by molar-refractivity contribution is -0.142. The van der Waals surface area contributed by atoms with Gasteiger partial charge in [0.15, 0.2) is 12.4 Å². The number of alkyl halides is 3. The highest BCUT2D eigenvalue weighted by atomic mass is 19.4. The van der Waals surface area contributed by atoms with Crippen LogP contribution < -0.4 is 5.56 Å². The van der Waals surface area contributed by atoms with Crippen molar-refractivity contribution in [2.75, 3.05) is 6.61 Å². The van der Waals surface area contributed by atoms with Crippen LogP contribution in [0.3, 0.4) is 0 Å². The minimum atomic E-state index is -4.60. The molecule has 3 aromatic carbocycles. The molecule has 10 heteroatoms. The van der Waals surface area contributed by atoms with Crippen LogP contribution in [0.2, 0.25) is 0 Å². The number of fused-ring (bicyclic) bond motifs is 1. The topological polar surface area (TPSA) is 78.3 Å². The summed E-state index contributed by atoms with van der Waals surface area (Å²) in [4.78, 5) is 41.7. The zero-order chi connectivity index (χ0) is 26.6. The molecular formula is C27H20F4N2O4. The molecule has 0 saturated heterocycles. The van der Waals surface area contributed by atoms with Gasteiger partial charge in [-0.25, -0.2) is 9.37 Å². The molecular weight excluding hydrogens is 492 g/mol. The third kappa shape index (κ3) is 6.27. The average Bonchev–Trinajstić information content (AvgIpc) is 2.88. The Bertz CT molecular complexity index is 1500. The zero-order valence-corrected chi connectivity index (χ0v) is 19.3. The van der Waals surface area contributed by atoms with Gasteiger partial charge in [-0.2, -0.15) is 13.2 Å². The molecule has 6 nitrogen and oxygen atoms in total. The summed E-state index contributed by atoms with van der Waals surface area (Å²) in [7, 11) is 0. The molecule has 0 unspecified atom stereocenters. The van der Waals surface area contributed by atoms with E-state index in [-0.39, 0.29) is 41.7 Å². The van der Waals surface area contributed by atoms with Crippen molar-refractivity contribution in [2.45, 2.75) is 25.6 Å². The molecule has 0 bridgehead atoms. The summed E-state index contributed by atoms with van der Waals surface area (Å²) < 4.78 is 59.1. The lowest BCUT2D eigenvalue weighted by atomic mass is 10.1. The SMILES string of the molecule is O=C(CCc1nc2cc(C(F)(F)F)ccc2n(Cc2ccccc2)c1=O)OCC(=O)c1ccc(F)cc1. The predicted octanol–water partition coefficient (Wildman–Crippen LogP) is 4.96. The molecule has 190 valence electrons. The van der Waals surface area contributed by atoms with E-state index >= 15 is 0 Å². The van der Waals surface area contributed by atoms with Crippen LogP contribution in [0.5, 0.6) is 0 Å². The van der Waals surface area contributed by atoms with E-state index < -0.39 is 41.5 Å². The van der Waals surface area contributed by atoms with Gasteiger partial charge < -0.3 is 9.30 Å². The number of aromatic nitrogens is 2. The van der Waals surface area contributed by atoms with Crippen molar-refractivity contribution in [3.05, 3.63) is 111 Å². The first-order chi connectivity index (χ1) is 17.6. The number of carbonyl (C=O) groups excluding carboxylic acids is 2. The second-order valence-corrected chi connectivity index (χ2v) is 8.23. The monoisotopic (exact) mass is 512 g/mol. The average molecular weight is 512 g/mol. The maximum absolute atomic E-state index is 13.3. The molecule has 0 saturated carbocycles. The van der Waals surface area contributed by atoms with Crippen LogP contribution in [-0.2, 0) is 28.7 Å². The Labute approximate surface area is 208 Å². The lowest BCUT2D eigenvalue weighted by Crippen LogP contribution is -2.27. The number of rotatable bonds is 8. The molecule has 0 aliphatic heterocycles. The number of hydrogen-bond donors (Lipinski definition) is 0. The van der Waals surface area contributed by atoms with Gasteiger partial charge in [0.2, 0.25) is 0 Å². The van der Waals surface area contributed by atoms with E-state index in [9.17, 15) is 31.9 Å². The van der Waals surface area contributed by atoms with Gasteiger partial charge in [0.1, 0.15) is 11.5 Å². The Morgan fingerprint density at radius 1 is 0.946 bits per heavy atom. The van der Waals surface area contributed by atoms with E-state index in [0.29, 0.717) is 0 Å². The number of benzene rings is 3. The van der Waals surface area contributed by atoms with Crippen LogP contribution in [0.25, 0.3) is 11.0 Å². The molecule has 0 fully saturated rings. The number of hydrogen-bond acceptors (Lipinski definition) is 5. The summed E-state index contributed by atoms with van der Waals surface area (Å²) in [6.45, 7) is -0.490. The fourth-order valence-electron chi connectivity index (χ4n) is 3.72. The first kappa shape index (κ1) is 25.7. The molecule has 0 aliphatic carbocycles. The second kappa shape index (κ2) is 10.7. The summed E-state index contributed by atoms with van der Waals surface area (Å²) in [5.41, 5.74) is -0.479. The van der Waals surface area contributed by atoms with Gasteiger partial charge in [-0.3, -0.25) is 14.4 Å². The Kier molecular flexibility index (Phi) is 7.47. The standard InChI is InChI=1S/C27H20F4N2O4/c28-20-9-6-18(7-10-20)24(34)16-37-25(35)13-11-21-26(36)33(15-17-4-2-1-3-5-17)23-12-8-19(27(29,30)31)14-22(23)32-21/h1-10,12,14H,11,13,15-16H2. The maximum Gasteiger partial charge on any atom is 0.416 e. The van der Waals surface area contributed by atoms with Gasteiger partial charge in [-0.15, -0.1) is 0 Å². The summed E-state index contributed by atoms with van der Waals surface area (Å²) in [5, 5.41) is 0. The van der Waals surface area contributed by atoms with E-state index in [1.165, 1.54) is 22.8 Å². The van der Waals surface area contributed by atoms with Crippen molar-refractivity contribution in [3.63, 3.8) is 0 Å². The zero-order valence-electron chi connectivity index (χ0n) is 19.3. The molecule has 4 aromatic rings. The van der Waals surface area contributed by atoms with Crippen molar-refractivity contribution in [1.82, 2.24) is 9.55 Å². The number of Topliss-reactive ketones (excluding diaryl/α,β-unsaturated/α-hetero) is 1. The number of aryl methyl sites for hydroxylation is 1. The van der Waals surface area contributed by atoms with E-state index in [1.54, 1.807) is 30.3 Å². The van der Waals surface area contributed by atoms with Gasteiger partial charge in [-0.05, 0) is 48.0 Å². The number of nitrogens with zero attached hydrogens (tertiary/aromatic N) is 2. The largest absolute Gasteiger partial charge is 0.457 e. The minimum Gasteiger partial charge on any atom is -0.457 e. The Morgan fingerprint density at radius 2 is 1.65 bits per heavy atom. The predicted molar refractivity (Wildman–Crippen MR) is 127 cm³/mol. The number of esters is 1. The number of halogens is 4. The minimum absolute atomic E-state index is 0.0415. The summed E-state index contributed by atoms with van der Waals surface area (Å²) >= 11 is 0. The fourth-order valence-corrected chi connectivity index (χ4v) is 3.72. The van der Waals surface area contributed by atoms with E-state index in [1.807, 2.05) is 0 Å². The van der Waals surface area contributed by atoms with Gasteiger partial charge in [0.05, 0.1) is 29.6 Å². The van der Waals surface area contributed by atoms with E-state index in [0.717, 1.165) is 29.8 Å². The molecule has 4 rings (SSSR count). The Hall–Kier alpha value is -4.34. The van der Waals surface area contributed by atoms with Crippen molar-refractivity contribution in [2.24, 2.45) is 0 Å². The first-order valence-electron chi connectivity index (χ1n) is 11.2. The number of carbonyl (C=O) groups is 2. The Morgan fingerprint density at radius 3 is 2.32 bits per heavy atom. The maximum atomic E-state index is 13.3. The normalized spacial score (nSPS) is 11.5. The number of ketones is 1. The molecule has 0 spiro atoms. The fraction of sp³-hybridized carbons (Fsp3) is 0.185. The van der Waals surface area contributed by atoms with Crippen molar-refractivity contribution >= 4 is 22.8 Å². The summed E-state index contributed by atoms with van der Waals surface area (Å²) in [6.07, 6.45) is -5.13.